The number of hydrogen-bond donors (Lipinski definition) is 1. The quantitative estimate of drug-likeness (QED) is 0.766. The van der Waals surface area contributed by atoms with Gasteiger partial charge >= 0.3 is 0 Å². The van der Waals surface area contributed by atoms with Crippen molar-refractivity contribution in [1.82, 2.24) is 10.3 Å². The fourth-order valence-corrected chi connectivity index (χ4v) is 2.36. The van der Waals surface area contributed by atoms with Crippen molar-refractivity contribution in [3.63, 3.8) is 0 Å². The molecule has 0 amide bonds. The van der Waals surface area contributed by atoms with Gasteiger partial charge in [-0.25, -0.2) is 0 Å². The summed E-state index contributed by atoms with van der Waals surface area (Å²) in [6.07, 6.45) is 1.94. The summed E-state index contributed by atoms with van der Waals surface area (Å²) in [5.74, 6) is 0. The number of fused-ring (bicyclic) bond motifs is 1. The van der Waals surface area contributed by atoms with Crippen LogP contribution in [0, 0.1) is 0 Å². The third-order valence-electron chi connectivity index (χ3n) is 3.77. The van der Waals surface area contributed by atoms with Crippen molar-refractivity contribution < 1.29 is 0 Å². The van der Waals surface area contributed by atoms with E-state index in [2.05, 4.69) is 53.6 Å². The molecule has 0 aliphatic rings. The average molecular weight is 262 g/mol. The summed E-state index contributed by atoms with van der Waals surface area (Å²) in [4.78, 5) is 4.52. The Morgan fingerprint density at radius 3 is 2.45 bits per heavy atom. The predicted molar refractivity (Wildman–Crippen MR) is 84.7 cm³/mol. The van der Waals surface area contributed by atoms with Crippen LogP contribution in [-0.2, 0) is 0 Å². The van der Waals surface area contributed by atoms with E-state index < -0.39 is 0 Å². The van der Waals surface area contributed by atoms with Crippen LogP contribution in [0.2, 0.25) is 0 Å². The van der Waals surface area contributed by atoms with Crippen LogP contribution >= 0.6 is 0 Å². The first-order valence-electron chi connectivity index (χ1n) is 6.90. The van der Waals surface area contributed by atoms with Gasteiger partial charge in [0.05, 0.1) is 5.52 Å². The Balaban J connectivity index is 1.98. The number of rotatable bonds is 3. The maximum Gasteiger partial charge on any atom is 0.0702 e. The van der Waals surface area contributed by atoms with Crippen LogP contribution in [0.4, 0.5) is 0 Å². The molecule has 0 aliphatic carbocycles. The number of nitrogens with one attached hydrogen (secondary N) is 1. The Morgan fingerprint density at radius 2 is 1.70 bits per heavy atom. The van der Waals surface area contributed by atoms with Crippen molar-refractivity contribution in [1.29, 1.82) is 0 Å². The molecule has 0 radical (unpaired) electrons. The highest BCUT2D eigenvalue weighted by Gasteiger charge is 2.04. The standard InChI is InChI=1S/C18H18N2/c1-13(19-2)14-7-9-15(10-8-14)17-11-16-5-3-4-6-18(16)20-12-17/h3-13,19H,1-2H3. The third-order valence-corrected chi connectivity index (χ3v) is 3.77. The van der Waals surface area contributed by atoms with E-state index in [0.29, 0.717) is 6.04 Å². The summed E-state index contributed by atoms with van der Waals surface area (Å²) < 4.78 is 0. The molecule has 1 N–H and O–H groups in total. The first-order valence-corrected chi connectivity index (χ1v) is 6.90. The van der Waals surface area contributed by atoms with Crippen molar-refractivity contribution in [2.24, 2.45) is 0 Å². The van der Waals surface area contributed by atoms with Gasteiger partial charge in [-0.2, -0.15) is 0 Å². The molecule has 2 nitrogen and oxygen atoms in total. The first-order chi connectivity index (χ1) is 9.78. The second-order valence-electron chi connectivity index (χ2n) is 5.05. The third kappa shape index (κ3) is 2.43. The van der Waals surface area contributed by atoms with Gasteiger partial charge in [0.1, 0.15) is 0 Å². The van der Waals surface area contributed by atoms with Crippen LogP contribution < -0.4 is 5.32 Å². The molecule has 0 aliphatic heterocycles. The van der Waals surface area contributed by atoms with E-state index in [1.165, 1.54) is 16.5 Å². The largest absolute Gasteiger partial charge is 0.313 e. The van der Waals surface area contributed by atoms with Crippen molar-refractivity contribution in [3.8, 4) is 11.1 Å². The van der Waals surface area contributed by atoms with Gasteiger partial charge in [0.2, 0.25) is 0 Å². The highest BCUT2D eigenvalue weighted by Crippen LogP contribution is 2.24. The molecular formula is C18H18N2. The molecule has 0 bridgehead atoms. The fraction of sp³-hybridized carbons (Fsp3) is 0.167. The Kier molecular flexibility index (Phi) is 3.48. The lowest BCUT2D eigenvalue weighted by molar-refractivity contribution is 0.652. The van der Waals surface area contributed by atoms with Crippen LogP contribution in [0.5, 0.6) is 0 Å². The normalized spacial score (nSPS) is 12.5. The van der Waals surface area contributed by atoms with Gasteiger partial charge in [-0.15, -0.1) is 0 Å². The van der Waals surface area contributed by atoms with Gasteiger partial charge < -0.3 is 5.32 Å². The minimum absolute atomic E-state index is 0.374. The lowest BCUT2D eigenvalue weighted by atomic mass is 10.0. The van der Waals surface area contributed by atoms with Crippen molar-refractivity contribution in [2.45, 2.75) is 13.0 Å². The Morgan fingerprint density at radius 1 is 0.950 bits per heavy atom. The van der Waals surface area contributed by atoms with Crippen molar-refractivity contribution in [2.75, 3.05) is 7.05 Å². The molecule has 1 aromatic heterocycles. The van der Waals surface area contributed by atoms with E-state index in [0.717, 1.165) is 11.1 Å². The zero-order valence-corrected chi connectivity index (χ0v) is 11.8. The molecule has 1 heterocycles. The zero-order valence-electron chi connectivity index (χ0n) is 11.8. The smallest absolute Gasteiger partial charge is 0.0702 e. The van der Waals surface area contributed by atoms with E-state index in [-0.39, 0.29) is 0 Å². The Hall–Kier alpha value is -2.19. The zero-order chi connectivity index (χ0) is 13.9. The highest BCUT2D eigenvalue weighted by molar-refractivity contribution is 5.83. The molecule has 3 aromatic rings. The minimum atomic E-state index is 0.374. The number of nitrogens with zero attached hydrogens (tertiary/aromatic N) is 1. The average Bonchev–Trinajstić information content (AvgIpc) is 2.54. The van der Waals surface area contributed by atoms with Gasteiger partial charge in [0.25, 0.3) is 0 Å². The molecule has 1 atom stereocenters. The topological polar surface area (TPSA) is 24.9 Å². The van der Waals surface area contributed by atoms with Gasteiger partial charge in [-0.3, -0.25) is 4.98 Å². The summed E-state index contributed by atoms with van der Waals surface area (Å²) in [7, 11) is 1.98. The number of benzene rings is 2. The van der Waals surface area contributed by atoms with Crippen LogP contribution in [0.3, 0.4) is 0 Å². The molecule has 0 saturated carbocycles. The maximum absolute atomic E-state index is 4.52. The second-order valence-corrected chi connectivity index (χ2v) is 5.05. The number of hydrogen-bond acceptors (Lipinski definition) is 2. The summed E-state index contributed by atoms with van der Waals surface area (Å²) in [5, 5.41) is 4.43. The molecule has 100 valence electrons. The van der Waals surface area contributed by atoms with Gasteiger partial charge in [-0.1, -0.05) is 42.5 Å². The van der Waals surface area contributed by atoms with E-state index in [1.807, 2.05) is 31.4 Å². The number of para-hydroxylation sites is 1. The molecule has 20 heavy (non-hydrogen) atoms. The number of aromatic nitrogens is 1. The fourth-order valence-electron chi connectivity index (χ4n) is 2.36. The Bertz CT molecular complexity index is 717. The van der Waals surface area contributed by atoms with Gasteiger partial charge in [0.15, 0.2) is 0 Å². The van der Waals surface area contributed by atoms with E-state index in [9.17, 15) is 0 Å². The molecular weight excluding hydrogens is 244 g/mol. The van der Waals surface area contributed by atoms with Gasteiger partial charge in [0, 0.05) is 23.2 Å². The van der Waals surface area contributed by atoms with Gasteiger partial charge in [-0.05, 0) is 37.2 Å². The summed E-state index contributed by atoms with van der Waals surface area (Å²) in [6.45, 7) is 2.16. The van der Waals surface area contributed by atoms with Crippen molar-refractivity contribution in [3.05, 3.63) is 66.4 Å². The lowest BCUT2D eigenvalue weighted by Gasteiger charge is -2.11. The van der Waals surface area contributed by atoms with Crippen LogP contribution in [0.15, 0.2) is 60.8 Å². The maximum atomic E-state index is 4.52. The molecule has 2 aromatic carbocycles. The molecule has 2 heteroatoms. The van der Waals surface area contributed by atoms with Crippen LogP contribution in [-0.4, -0.2) is 12.0 Å². The first kappa shape index (κ1) is 12.8. The highest BCUT2D eigenvalue weighted by atomic mass is 14.8. The summed E-state index contributed by atoms with van der Waals surface area (Å²) in [6, 6.07) is 19.4. The summed E-state index contributed by atoms with van der Waals surface area (Å²) in [5.41, 5.74) is 4.70. The second kappa shape index (κ2) is 5.43. The molecule has 0 saturated heterocycles. The van der Waals surface area contributed by atoms with E-state index in [4.69, 9.17) is 0 Å². The molecule has 0 fully saturated rings. The van der Waals surface area contributed by atoms with E-state index in [1.54, 1.807) is 0 Å². The minimum Gasteiger partial charge on any atom is -0.313 e. The summed E-state index contributed by atoms with van der Waals surface area (Å²) >= 11 is 0. The van der Waals surface area contributed by atoms with Crippen molar-refractivity contribution >= 4 is 10.9 Å². The monoisotopic (exact) mass is 262 g/mol. The van der Waals surface area contributed by atoms with Crippen LogP contribution in [0.25, 0.3) is 22.0 Å². The lowest BCUT2D eigenvalue weighted by Crippen LogP contribution is -2.11. The SMILES string of the molecule is CNC(C)c1ccc(-c2cnc3ccccc3c2)cc1. The number of pyridine rings is 1. The Labute approximate surface area is 119 Å². The predicted octanol–water partition coefficient (Wildman–Crippen LogP) is 4.18. The van der Waals surface area contributed by atoms with Crippen LogP contribution in [0.1, 0.15) is 18.5 Å². The molecule has 3 rings (SSSR count). The van der Waals surface area contributed by atoms with E-state index >= 15 is 0 Å². The molecule has 1 unspecified atom stereocenters. The molecule has 0 spiro atoms.